The quantitative estimate of drug-likeness (QED) is 0.739. The summed E-state index contributed by atoms with van der Waals surface area (Å²) in [6.45, 7) is 7.45. The molecule has 0 aromatic rings. The summed E-state index contributed by atoms with van der Waals surface area (Å²) in [6, 6.07) is -0.185. The number of imide groups is 1. The van der Waals surface area contributed by atoms with Gasteiger partial charge in [-0.15, -0.1) is 0 Å². The number of nitrogens with one attached hydrogen (secondary N) is 2. The summed E-state index contributed by atoms with van der Waals surface area (Å²) in [4.78, 5) is 28.8. The van der Waals surface area contributed by atoms with E-state index in [4.69, 9.17) is 0 Å². The highest BCUT2D eigenvalue weighted by Gasteiger charge is 2.52. The smallest absolute Gasteiger partial charge is 0.323 e. The number of hydrogen-bond donors (Lipinski definition) is 2. The lowest BCUT2D eigenvalue weighted by molar-refractivity contribution is -0.133. The number of amides is 3. The molecule has 1 atom stereocenters. The van der Waals surface area contributed by atoms with Gasteiger partial charge >= 0.3 is 6.03 Å². The van der Waals surface area contributed by atoms with Crippen LogP contribution >= 0.6 is 0 Å². The van der Waals surface area contributed by atoms with Crippen molar-refractivity contribution in [1.29, 1.82) is 0 Å². The van der Waals surface area contributed by atoms with Gasteiger partial charge in [0.25, 0.3) is 5.91 Å². The Morgan fingerprint density at radius 1 is 1.29 bits per heavy atom. The van der Waals surface area contributed by atoms with Crippen LogP contribution in [0, 0.1) is 5.92 Å². The Bertz CT molecular complexity index is 412. The average Bonchev–Trinajstić information content (AvgIpc) is 2.74. The summed E-state index contributed by atoms with van der Waals surface area (Å²) in [5, 5.41) is 6.34. The van der Waals surface area contributed by atoms with E-state index in [1.54, 1.807) is 0 Å². The van der Waals surface area contributed by atoms with Gasteiger partial charge in [0.2, 0.25) is 0 Å². The van der Waals surface area contributed by atoms with Crippen LogP contribution in [0.15, 0.2) is 0 Å². The lowest BCUT2D eigenvalue weighted by atomic mass is 9.87. The Hall–Kier alpha value is -1.14. The first-order valence-electron chi connectivity index (χ1n) is 8.22. The van der Waals surface area contributed by atoms with E-state index in [9.17, 15) is 9.59 Å². The van der Waals surface area contributed by atoms with Gasteiger partial charge < -0.3 is 15.5 Å². The minimum Gasteiger partial charge on any atom is -0.323 e. The van der Waals surface area contributed by atoms with E-state index in [1.807, 2.05) is 0 Å². The number of likely N-dealkylation sites (tertiary alicyclic amines) is 1. The summed E-state index contributed by atoms with van der Waals surface area (Å²) in [5.74, 6) is 0.410. The van der Waals surface area contributed by atoms with Gasteiger partial charge in [-0.2, -0.15) is 0 Å². The second-order valence-corrected chi connectivity index (χ2v) is 6.57. The number of rotatable bonds is 3. The molecule has 2 N–H and O–H groups in total. The van der Waals surface area contributed by atoms with Gasteiger partial charge in [0, 0.05) is 19.6 Å². The second-order valence-electron chi connectivity index (χ2n) is 6.57. The lowest BCUT2D eigenvalue weighted by Crippen LogP contribution is -2.55. The van der Waals surface area contributed by atoms with Crippen molar-refractivity contribution in [1.82, 2.24) is 20.4 Å². The van der Waals surface area contributed by atoms with E-state index < -0.39 is 5.54 Å². The number of nitrogens with zero attached hydrogens (tertiary/aromatic N) is 2. The van der Waals surface area contributed by atoms with Crippen LogP contribution in [0.3, 0.4) is 0 Å². The van der Waals surface area contributed by atoms with Crippen molar-refractivity contribution >= 4 is 11.9 Å². The Morgan fingerprint density at radius 2 is 2.05 bits per heavy atom. The normalized spacial score (nSPS) is 30.0. The fourth-order valence-corrected chi connectivity index (χ4v) is 3.77. The third kappa shape index (κ3) is 2.79. The van der Waals surface area contributed by atoms with Crippen LogP contribution in [-0.4, -0.2) is 66.5 Å². The zero-order valence-electron chi connectivity index (χ0n) is 12.9. The summed E-state index contributed by atoms with van der Waals surface area (Å²) in [5.41, 5.74) is -0.620. The highest BCUT2D eigenvalue weighted by molar-refractivity contribution is 6.07. The van der Waals surface area contributed by atoms with Crippen molar-refractivity contribution in [3.63, 3.8) is 0 Å². The molecule has 118 valence electrons. The van der Waals surface area contributed by atoms with E-state index in [0.717, 1.165) is 58.4 Å². The van der Waals surface area contributed by atoms with E-state index in [-0.39, 0.29) is 11.9 Å². The van der Waals surface area contributed by atoms with Gasteiger partial charge in [-0.25, -0.2) is 4.79 Å². The Balaban J connectivity index is 1.64. The van der Waals surface area contributed by atoms with Gasteiger partial charge in [-0.05, 0) is 51.2 Å². The Morgan fingerprint density at radius 3 is 2.67 bits per heavy atom. The molecule has 0 saturated carbocycles. The van der Waals surface area contributed by atoms with Crippen LogP contribution in [0.25, 0.3) is 0 Å². The largest absolute Gasteiger partial charge is 0.325 e. The molecule has 3 aliphatic heterocycles. The van der Waals surface area contributed by atoms with E-state index >= 15 is 0 Å². The van der Waals surface area contributed by atoms with Gasteiger partial charge in [0.15, 0.2) is 0 Å². The van der Waals surface area contributed by atoms with Crippen LogP contribution in [0.2, 0.25) is 0 Å². The van der Waals surface area contributed by atoms with Crippen molar-refractivity contribution in [3.05, 3.63) is 0 Å². The van der Waals surface area contributed by atoms with E-state index in [1.165, 1.54) is 4.90 Å². The lowest BCUT2D eigenvalue weighted by Gasteiger charge is -2.37. The minimum atomic E-state index is -0.620. The molecule has 3 amide bonds. The fourth-order valence-electron chi connectivity index (χ4n) is 3.77. The summed E-state index contributed by atoms with van der Waals surface area (Å²) in [7, 11) is 0. The zero-order valence-corrected chi connectivity index (χ0v) is 12.9. The van der Waals surface area contributed by atoms with Crippen LogP contribution in [0.1, 0.15) is 32.6 Å². The molecular weight excluding hydrogens is 268 g/mol. The van der Waals surface area contributed by atoms with Crippen LogP contribution in [0.4, 0.5) is 4.79 Å². The van der Waals surface area contributed by atoms with Gasteiger partial charge in [0.1, 0.15) is 5.54 Å². The molecule has 1 spiro atoms. The van der Waals surface area contributed by atoms with E-state index in [2.05, 4.69) is 22.5 Å². The molecule has 6 heteroatoms. The van der Waals surface area contributed by atoms with Crippen molar-refractivity contribution < 1.29 is 9.59 Å². The molecule has 6 nitrogen and oxygen atoms in total. The number of piperidine rings is 2. The van der Waals surface area contributed by atoms with Crippen molar-refractivity contribution in [2.75, 3.05) is 39.3 Å². The van der Waals surface area contributed by atoms with Crippen molar-refractivity contribution in [3.8, 4) is 0 Å². The van der Waals surface area contributed by atoms with Crippen molar-refractivity contribution in [2.45, 2.75) is 38.1 Å². The topological polar surface area (TPSA) is 64.7 Å². The maximum Gasteiger partial charge on any atom is 0.325 e. The first-order chi connectivity index (χ1) is 10.1. The molecule has 1 unspecified atom stereocenters. The van der Waals surface area contributed by atoms with Gasteiger partial charge in [-0.3, -0.25) is 9.69 Å². The van der Waals surface area contributed by atoms with Crippen LogP contribution in [0.5, 0.6) is 0 Å². The molecule has 0 bridgehead atoms. The summed E-state index contributed by atoms with van der Waals surface area (Å²) < 4.78 is 0. The maximum atomic E-state index is 12.8. The zero-order chi connectivity index (χ0) is 14.9. The monoisotopic (exact) mass is 294 g/mol. The van der Waals surface area contributed by atoms with Crippen LogP contribution < -0.4 is 10.6 Å². The number of carbonyl (C=O) groups excluding carboxylic acids is 2. The van der Waals surface area contributed by atoms with E-state index in [0.29, 0.717) is 12.5 Å². The SMILES string of the molecule is CCN1CCC2(CC1)NC(=O)N(CC1CCCNC1)C2=O. The predicted octanol–water partition coefficient (Wildman–Crippen LogP) is 0.392. The third-order valence-corrected chi connectivity index (χ3v) is 5.24. The standard InChI is InChI=1S/C15H26N4O2/c1-2-18-8-5-15(6-9-18)13(20)19(14(21)17-15)11-12-4-3-7-16-10-12/h12,16H,2-11H2,1H3,(H,17,21). The highest BCUT2D eigenvalue weighted by atomic mass is 16.2. The minimum absolute atomic E-state index is 0.00817. The first kappa shape index (κ1) is 14.8. The molecule has 3 heterocycles. The molecule has 0 aliphatic carbocycles. The average molecular weight is 294 g/mol. The van der Waals surface area contributed by atoms with Gasteiger partial charge in [-0.1, -0.05) is 6.92 Å². The van der Waals surface area contributed by atoms with Crippen molar-refractivity contribution in [2.24, 2.45) is 5.92 Å². The molecule has 3 saturated heterocycles. The Kier molecular flexibility index (Phi) is 4.17. The molecule has 0 aromatic carbocycles. The number of carbonyl (C=O) groups is 2. The summed E-state index contributed by atoms with van der Waals surface area (Å²) >= 11 is 0. The van der Waals surface area contributed by atoms with Gasteiger partial charge in [0.05, 0.1) is 0 Å². The second kappa shape index (κ2) is 5.93. The maximum absolute atomic E-state index is 12.8. The highest BCUT2D eigenvalue weighted by Crippen LogP contribution is 2.30. The molecule has 3 aliphatic rings. The fraction of sp³-hybridized carbons (Fsp3) is 0.867. The molecule has 3 rings (SSSR count). The molecule has 21 heavy (non-hydrogen) atoms. The molecule has 0 aromatic heterocycles. The summed E-state index contributed by atoms with van der Waals surface area (Å²) in [6.07, 6.45) is 3.71. The van der Waals surface area contributed by atoms with Crippen LogP contribution in [-0.2, 0) is 4.79 Å². The third-order valence-electron chi connectivity index (χ3n) is 5.24. The Labute approximate surface area is 126 Å². The first-order valence-corrected chi connectivity index (χ1v) is 8.22. The number of urea groups is 1. The predicted molar refractivity (Wildman–Crippen MR) is 79.9 cm³/mol. The molecule has 0 radical (unpaired) electrons. The molecular formula is C15H26N4O2. The number of hydrogen-bond acceptors (Lipinski definition) is 4. The molecule has 3 fully saturated rings.